The summed E-state index contributed by atoms with van der Waals surface area (Å²) in [5.41, 5.74) is 22.3. The first kappa shape index (κ1) is 81.3. The average Bonchev–Trinajstić information content (AvgIpc) is 1.67. The maximum absolute atomic E-state index is 13.6. The second kappa shape index (κ2) is 37.1. The van der Waals surface area contributed by atoms with Crippen LogP contribution in [0.4, 0.5) is 13.2 Å². The van der Waals surface area contributed by atoms with Crippen LogP contribution in [0.3, 0.4) is 0 Å². The number of esters is 3. The molecule has 3 aliphatic heterocycles. The predicted molar refractivity (Wildman–Crippen MR) is 416 cm³/mol. The lowest BCUT2D eigenvalue weighted by Crippen LogP contribution is -2.44. The summed E-state index contributed by atoms with van der Waals surface area (Å²) in [6.07, 6.45) is 30.5. The molecule has 9 fully saturated rings. The number of aromatic nitrogens is 3. The third kappa shape index (κ3) is 19.3. The molecule has 3 N–H and O–H groups in total. The molecule has 0 spiro atoms. The van der Waals surface area contributed by atoms with Gasteiger partial charge in [-0.2, -0.15) is 0 Å². The predicted octanol–water partition coefficient (Wildman–Crippen LogP) is 19.9. The van der Waals surface area contributed by atoms with Crippen molar-refractivity contribution in [1.29, 1.82) is 0 Å². The summed E-state index contributed by atoms with van der Waals surface area (Å²) in [5, 5.41) is 13.5. The van der Waals surface area contributed by atoms with Crippen molar-refractivity contribution in [1.82, 2.24) is 15.0 Å². The second-order valence-electron chi connectivity index (χ2n) is 30.9. The topological polar surface area (TPSA) is 213 Å². The first-order valence-electron chi connectivity index (χ1n) is 37.1. The van der Waals surface area contributed by atoms with E-state index in [1.165, 1.54) is 42.8 Å². The molecule has 0 radical (unpaired) electrons. The quantitative estimate of drug-likeness (QED) is 0.0277. The Labute approximate surface area is 622 Å². The highest BCUT2D eigenvalue weighted by Crippen LogP contribution is 2.58. The van der Waals surface area contributed by atoms with Gasteiger partial charge in [0.25, 0.3) is 0 Å². The van der Waals surface area contributed by atoms with Gasteiger partial charge in [-0.15, -0.1) is 7.92 Å². The van der Waals surface area contributed by atoms with Crippen LogP contribution < -0.4 is 5.73 Å². The van der Waals surface area contributed by atoms with Crippen LogP contribution in [-0.4, -0.2) is 96.0 Å². The van der Waals surface area contributed by atoms with Gasteiger partial charge in [0.2, 0.25) is 0 Å². The van der Waals surface area contributed by atoms with Crippen molar-refractivity contribution in [3.63, 3.8) is 0 Å². The van der Waals surface area contributed by atoms with Crippen LogP contribution in [0.1, 0.15) is 137 Å². The third-order valence-electron chi connectivity index (χ3n) is 24.1. The van der Waals surface area contributed by atoms with E-state index < -0.39 is 0 Å². The van der Waals surface area contributed by atoms with Gasteiger partial charge in [-0.3, -0.25) is 29.3 Å². The Morgan fingerprint density at radius 3 is 1.12 bits per heavy atom. The molecular formula is C87H111F3N7O7P. The van der Waals surface area contributed by atoms with Gasteiger partial charge < -0.3 is 25.1 Å². The molecule has 6 saturated carbocycles. The molecule has 14 nitrogen and oxygen atoms in total. The number of aliphatic hydroxyl groups is 1. The fourth-order valence-electron chi connectivity index (χ4n) is 19.5. The van der Waals surface area contributed by atoms with E-state index in [0.29, 0.717) is 73.6 Å². The molecule has 6 aliphatic carbocycles. The first-order chi connectivity index (χ1) is 49.3. The van der Waals surface area contributed by atoms with Crippen molar-refractivity contribution in [2.24, 2.45) is 117 Å². The average molecular weight is 1450 g/mol. The molecule has 562 valence electrons. The molecular weight excluding hydrogens is 1340 g/mol. The van der Waals surface area contributed by atoms with Gasteiger partial charge >= 0.3 is 17.9 Å². The van der Waals surface area contributed by atoms with Crippen LogP contribution in [0.2, 0.25) is 0 Å². The zero-order valence-corrected chi connectivity index (χ0v) is 60.5. The summed E-state index contributed by atoms with van der Waals surface area (Å²) >= 11 is 0. The van der Waals surface area contributed by atoms with E-state index in [4.69, 9.17) is 25.5 Å². The van der Waals surface area contributed by atoms with Crippen LogP contribution in [0.5, 0.6) is 0 Å². The van der Waals surface area contributed by atoms with E-state index in [1.807, 2.05) is 75.4 Å². The Kier molecular flexibility index (Phi) is 28.7. The number of carbonyl (C=O) groups is 3. The minimum Gasteiger partial charge on any atom is -0.462 e. The Hall–Kier alpha value is -7.81. The van der Waals surface area contributed by atoms with Crippen molar-refractivity contribution in [3.05, 3.63) is 191 Å². The van der Waals surface area contributed by atoms with Crippen LogP contribution in [0.15, 0.2) is 151 Å². The number of halogens is 3. The van der Waals surface area contributed by atoms with Gasteiger partial charge in [0.15, 0.2) is 0 Å². The molecule has 6 heterocycles. The van der Waals surface area contributed by atoms with Crippen LogP contribution >= 0.6 is 7.92 Å². The Balaban J connectivity index is 0.000000175. The van der Waals surface area contributed by atoms with Gasteiger partial charge in [-0.1, -0.05) is 107 Å². The van der Waals surface area contributed by atoms with E-state index in [9.17, 15) is 32.7 Å². The van der Waals surface area contributed by atoms with Gasteiger partial charge in [-0.05, 0) is 284 Å². The Morgan fingerprint density at radius 2 is 0.819 bits per heavy atom. The van der Waals surface area contributed by atoms with Crippen LogP contribution in [0.25, 0.3) is 62.1 Å². The highest BCUT2D eigenvalue weighted by molar-refractivity contribution is 7.55. The van der Waals surface area contributed by atoms with Crippen molar-refractivity contribution >= 4 is 44.1 Å². The molecule has 0 bridgehead atoms. The van der Waals surface area contributed by atoms with Crippen molar-refractivity contribution in [2.75, 3.05) is 39.7 Å². The molecule has 3 aromatic heterocycles. The molecule has 18 heteroatoms. The molecule has 0 amide bonds. The molecule has 3 aromatic carbocycles. The number of nitrogens with zero attached hydrogens (tertiary/aromatic N) is 6. The highest BCUT2D eigenvalue weighted by atomic mass is 31.1. The van der Waals surface area contributed by atoms with Crippen molar-refractivity contribution in [3.8, 4) is 33.4 Å². The van der Waals surface area contributed by atoms with E-state index in [2.05, 4.69) is 81.4 Å². The molecule has 15 rings (SSSR count). The summed E-state index contributed by atoms with van der Waals surface area (Å²) < 4.78 is 57.6. The number of fused-ring (bicyclic) bond motifs is 6. The number of cyclic esters (lactones) is 3. The lowest BCUT2D eigenvalue weighted by atomic mass is 9.56. The van der Waals surface area contributed by atoms with Crippen molar-refractivity contribution in [2.45, 2.75) is 138 Å². The number of carbonyl (C=O) groups excluding carboxylic acids is 3. The summed E-state index contributed by atoms with van der Waals surface area (Å²) in [4.78, 5) is 54.4. The number of rotatable bonds is 13. The number of aliphatic hydroxyl groups excluding tert-OH is 1. The second-order valence-corrected chi connectivity index (χ2v) is 33.6. The van der Waals surface area contributed by atoms with Gasteiger partial charge in [-0.25, -0.2) is 13.2 Å². The molecule has 0 unspecified atom stereocenters. The molecule has 105 heavy (non-hydrogen) atoms. The maximum Gasteiger partial charge on any atom is 0.309 e. The number of pyridine rings is 3. The lowest BCUT2D eigenvalue weighted by Gasteiger charge is -2.47. The standard InChI is InChI=1S/C27H29FN4O2.C27H31FN2O2.C27H30FNO3.C3H9P.3CH4/c1-16-26-24(10-8-22-7-6-19(15-30-22)18-3-2-4-21(28)12-18)23-9-5-17(14-31-32-29)11-20(23)13-25(26)27(33)34-16;1-16-26-24(23-9-5-17(14-29)11-20(23)13-25(26)27(31)32-16)10-8-22-7-6-19(15-30-22)18-3-2-4-21(28)12-18;1-16-26-24(23-9-5-17(15-30)11-20(23)13-25(26)27(31)32-16)10-8-22-7-6-19(14-29-22)18-3-2-4-21(28)12-18;1-4(2)3;;;/h2-4,6-8,10,12,15-17,20,23-26H,5,9,11,13-14H2,1H3;2-4,6-8,10,12,15-17,20,23-26H,5,9,11,13-14,29H2,1H3;2-4,6-8,10,12,14,16-17,20,23-26,30H,5,9,11,13,15H2,1H3;1-3H3;3*1H4/b3*10-8+;;;;/t3*16-,17-,20+,23-,24+,25-,26+;;;;/m111..../s1. The molecule has 21 atom stereocenters. The van der Waals surface area contributed by atoms with Gasteiger partial charge in [0.1, 0.15) is 35.8 Å². The molecule has 6 aromatic rings. The minimum absolute atomic E-state index is 0. The summed E-state index contributed by atoms with van der Waals surface area (Å²) in [6, 6.07) is 31.4. The number of benzene rings is 3. The smallest absolute Gasteiger partial charge is 0.309 e. The van der Waals surface area contributed by atoms with Crippen molar-refractivity contribution < 1.29 is 46.9 Å². The number of allylic oxidation sites excluding steroid dienone is 3. The zero-order chi connectivity index (χ0) is 71.7. The van der Waals surface area contributed by atoms with Crippen LogP contribution in [-0.2, 0) is 28.6 Å². The summed E-state index contributed by atoms with van der Waals surface area (Å²) in [5.74, 6) is 4.75. The third-order valence-corrected chi connectivity index (χ3v) is 24.1. The summed E-state index contributed by atoms with van der Waals surface area (Å²) in [6.45, 7) is 14.3. The number of hydrogen-bond acceptors (Lipinski definition) is 12. The minimum atomic E-state index is -0.264. The monoisotopic (exact) mass is 1450 g/mol. The number of nitrogens with two attached hydrogens (primary N) is 1. The number of hydrogen-bond donors (Lipinski definition) is 2. The number of ether oxygens (including phenoxy) is 3. The Bertz CT molecular complexity index is 3840. The zero-order valence-electron chi connectivity index (χ0n) is 59.6. The largest absolute Gasteiger partial charge is 0.462 e. The fraction of sp³-hybridized carbons (Fsp3) is 0.517. The SMILES string of the molecule is C.C.C.CP(C)C.C[C@H]1OC(=O)[C@@H]2C[C@@H]3C[C@H](CN)CC[C@H]3[C@H](/C=C/c3ccc(-c4cccc(F)c4)cn3)[C@H]12.C[C@H]1OC(=O)[C@@H]2C[C@@H]3C[C@H](CN=[N+]=[N-])CC[C@H]3[C@H](/C=C/c3ccc(-c4cccc(F)c4)cn3)[C@H]12.C[C@H]1OC(=O)[C@@H]2C[C@@H]3C[C@H](CO)CC[C@H]3[C@H](/C=C/c3ccc(-c4cccc(F)c4)cn3)[C@H]12. The number of azide groups is 1. The molecule has 3 saturated heterocycles. The Morgan fingerprint density at radius 1 is 0.495 bits per heavy atom. The van der Waals surface area contributed by atoms with E-state index in [0.717, 1.165) is 128 Å². The van der Waals surface area contributed by atoms with E-state index in [-0.39, 0.29) is 130 Å². The van der Waals surface area contributed by atoms with Gasteiger partial charge in [0.05, 0.1) is 34.8 Å². The highest BCUT2D eigenvalue weighted by Gasteiger charge is 2.57. The van der Waals surface area contributed by atoms with Gasteiger partial charge in [0, 0.05) is 71.1 Å². The summed E-state index contributed by atoms with van der Waals surface area (Å²) in [7, 11) is 0.380. The fourth-order valence-corrected chi connectivity index (χ4v) is 19.5. The first-order valence-corrected chi connectivity index (χ1v) is 39.8. The normalized spacial score (nSPS) is 31.7. The van der Waals surface area contributed by atoms with E-state index in [1.54, 1.807) is 36.8 Å². The lowest BCUT2D eigenvalue weighted by molar-refractivity contribution is -0.145. The molecule has 9 aliphatic rings. The van der Waals surface area contributed by atoms with E-state index >= 15 is 0 Å². The maximum atomic E-state index is 13.6. The van der Waals surface area contributed by atoms with Crippen LogP contribution in [0, 0.1) is 124 Å².